The highest BCUT2D eigenvalue weighted by molar-refractivity contribution is 5.98. The Kier molecular flexibility index (Phi) is 7.41. The first-order valence-corrected chi connectivity index (χ1v) is 11.2. The third-order valence-electron chi connectivity index (χ3n) is 5.58. The highest BCUT2D eigenvalue weighted by Crippen LogP contribution is 2.29. The first kappa shape index (κ1) is 25.9. The van der Waals surface area contributed by atoms with Crippen molar-refractivity contribution in [1.82, 2.24) is 30.3 Å². The van der Waals surface area contributed by atoms with Crippen LogP contribution in [0.1, 0.15) is 34.6 Å². The fraction of sp³-hybridized carbons (Fsp3) is 0.167. The van der Waals surface area contributed by atoms with E-state index in [2.05, 4.69) is 36.1 Å². The normalized spacial score (nSPS) is 12.4. The SMILES string of the molecule is Cc1ncc(Nc2nc(N[C@H](c3ccccc3F)[C@H](C)NC(=O)O)c(F)cc2C(N)=O)cc1-n1nccn1. The summed E-state index contributed by atoms with van der Waals surface area (Å²) in [6.45, 7) is 3.24. The summed E-state index contributed by atoms with van der Waals surface area (Å²) in [5.74, 6) is -3.04. The molecule has 196 valence electrons. The first-order valence-electron chi connectivity index (χ1n) is 11.2. The smallest absolute Gasteiger partial charge is 0.404 e. The van der Waals surface area contributed by atoms with Gasteiger partial charge in [0.1, 0.15) is 17.3 Å². The molecular weight excluding hydrogens is 500 g/mol. The number of carbonyl (C=O) groups is 2. The number of halogens is 2. The Morgan fingerprint density at radius 3 is 2.45 bits per heavy atom. The van der Waals surface area contributed by atoms with Crippen molar-refractivity contribution in [1.29, 1.82) is 0 Å². The van der Waals surface area contributed by atoms with E-state index >= 15 is 4.39 Å². The van der Waals surface area contributed by atoms with Crippen molar-refractivity contribution in [2.24, 2.45) is 5.73 Å². The summed E-state index contributed by atoms with van der Waals surface area (Å²) >= 11 is 0. The lowest BCUT2D eigenvalue weighted by Crippen LogP contribution is -2.39. The lowest BCUT2D eigenvalue weighted by molar-refractivity contribution is 0.1000. The molecule has 0 unspecified atom stereocenters. The molecule has 0 radical (unpaired) electrons. The van der Waals surface area contributed by atoms with Crippen LogP contribution in [0.3, 0.4) is 0 Å². The van der Waals surface area contributed by atoms with E-state index in [1.54, 1.807) is 19.1 Å². The van der Waals surface area contributed by atoms with E-state index in [1.807, 2.05) is 0 Å². The summed E-state index contributed by atoms with van der Waals surface area (Å²) in [4.78, 5) is 33.2. The van der Waals surface area contributed by atoms with Gasteiger partial charge in [-0.05, 0) is 32.0 Å². The topological polar surface area (TPSA) is 173 Å². The Morgan fingerprint density at radius 2 is 1.79 bits per heavy atom. The minimum atomic E-state index is -1.35. The van der Waals surface area contributed by atoms with Gasteiger partial charge in [0.2, 0.25) is 0 Å². The Morgan fingerprint density at radius 1 is 1.08 bits per heavy atom. The number of benzene rings is 1. The molecule has 3 heterocycles. The zero-order chi connectivity index (χ0) is 27.4. The fourth-order valence-electron chi connectivity index (χ4n) is 3.77. The van der Waals surface area contributed by atoms with E-state index in [1.165, 1.54) is 48.5 Å². The van der Waals surface area contributed by atoms with Gasteiger partial charge in [-0.3, -0.25) is 9.78 Å². The zero-order valence-electron chi connectivity index (χ0n) is 20.2. The van der Waals surface area contributed by atoms with Gasteiger partial charge in [-0.15, -0.1) is 4.80 Å². The van der Waals surface area contributed by atoms with Crippen molar-refractivity contribution in [3.63, 3.8) is 0 Å². The summed E-state index contributed by atoms with van der Waals surface area (Å²) in [6.07, 6.45) is 3.11. The number of pyridine rings is 2. The number of amides is 2. The maximum absolute atomic E-state index is 15.1. The number of aromatic nitrogens is 5. The van der Waals surface area contributed by atoms with Crippen LogP contribution >= 0.6 is 0 Å². The minimum absolute atomic E-state index is 0.0718. The summed E-state index contributed by atoms with van der Waals surface area (Å²) in [5.41, 5.74) is 6.79. The van der Waals surface area contributed by atoms with E-state index in [-0.39, 0.29) is 22.8 Å². The van der Waals surface area contributed by atoms with Crippen LogP contribution in [0, 0.1) is 18.6 Å². The molecule has 0 aliphatic rings. The van der Waals surface area contributed by atoms with Crippen molar-refractivity contribution >= 4 is 29.3 Å². The molecule has 0 fully saturated rings. The summed E-state index contributed by atoms with van der Waals surface area (Å²) in [5, 5.41) is 25.3. The maximum Gasteiger partial charge on any atom is 0.404 e. The molecule has 3 aromatic heterocycles. The number of rotatable bonds is 9. The van der Waals surface area contributed by atoms with Gasteiger partial charge >= 0.3 is 6.09 Å². The third kappa shape index (κ3) is 5.64. The Labute approximate surface area is 214 Å². The Bertz CT molecular complexity index is 1480. The van der Waals surface area contributed by atoms with E-state index in [0.717, 1.165) is 6.07 Å². The van der Waals surface area contributed by atoms with Gasteiger partial charge in [0.25, 0.3) is 5.91 Å². The second-order valence-electron chi connectivity index (χ2n) is 8.23. The quantitative estimate of drug-likeness (QED) is 0.221. The lowest BCUT2D eigenvalue weighted by atomic mass is 9.99. The molecule has 14 heteroatoms. The van der Waals surface area contributed by atoms with Gasteiger partial charge in [-0.2, -0.15) is 10.2 Å². The molecular formula is C24H23F2N9O3. The molecule has 0 saturated carbocycles. The number of nitrogens with zero attached hydrogens (tertiary/aromatic N) is 5. The average Bonchev–Trinajstić information content (AvgIpc) is 3.40. The predicted octanol–water partition coefficient (Wildman–Crippen LogP) is 3.30. The van der Waals surface area contributed by atoms with Crippen LogP contribution in [0.25, 0.3) is 5.69 Å². The third-order valence-corrected chi connectivity index (χ3v) is 5.58. The van der Waals surface area contributed by atoms with Crippen LogP contribution in [0.4, 0.5) is 30.9 Å². The van der Waals surface area contributed by atoms with Crippen molar-refractivity contribution in [3.05, 3.63) is 83.4 Å². The number of nitrogens with two attached hydrogens (primary N) is 1. The predicted molar refractivity (Wildman–Crippen MR) is 133 cm³/mol. The zero-order valence-corrected chi connectivity index (χ0v) is 20.2. The fourth-order valence-corrected chi connectivity index (χ4v) is 3.77. The summed E-state index contributed by atoms with van der Waals surface area (Å²) in [7, 11) is 0. The second kappa shape index (κ2) is 10.9. The first-order chi connectivity index (χ1) is 18.1. The molecule has 6 N–H and O–H groups in total. The maximum atomic E-state index is 15.1. The highest BCUT2D eigenvalue weighted by Gasteiger charge is 2.26. The van der Waals surface area contributed by atoms with Crippen LogP contribution < -0.4 is 21.7 Å². The molecule has 0 bridgehead atoms. The lowest BCUT2D eigenvalue weighted by Gasteiger charge is -2.27. The number of aryl methyl sites for hydroxylation is 1. The number of carbonyl (C=O) groups excluding carboxylic acids is 1. The van der Waals surface area contributed by atoms with Gasteiger partial charge in [0.15, 0.2) is 11.6 Å². The van der Waals surface area contributed by atoms with Crippen molar-refractivity contribution in [2.75, 3.05) is 10.6 Å². The van der Waals surface area contributed by atoms with Crippen molar-refractivity contribution in [2.45, 2.75) is 25.9 Å². The molecule has 2 atom stereocenters. The van der Waals surface area contributed by atoms with Crippen LogP contribution in [0.5, 0.6) is 0 Å². The number of hydrogen-bond donors (Lipinski definition) is 5. The van der Waals surface area contributed by atoms with E-state index < -0.39 is 35.7 Å². The van der Waals surface area contributed by atoms with Gasteiger partial charge in [-0.1, -0.05) is 18.2 Å². The monoisotopic (exact) mass is 523 g/mol. The standard InChI is InChI=1S/C24H23F2N9O3/c1-12-19(35-29-7-8-30-35)9-14(11-28-12)32-22-16(21(27)36)10-18(26)23(34-22)33-20(13(2)31-24(37)38)15-5-3-4-6-17(15)25/h3-11,13,20,31H,1-2H3,(H2,27,36)(H,37,38)(H2,32,33,34)/t13-,20-/m0/s1. The van der Waals surface area contributed by atoms with E-state index in [9.17, 15) is 19.1 Å². The molecule has 0 saturated heterocycles. The van der Waals surface area contributed by atoms with Crippen LogP contribution in [0.2, 0.25) is 0 Å². The van der Waals surface area contributed by atoms with Gasteiger partial charge in [-0.25, -0.2) is 18.6 Å². The number of carboxylic acid groups (broad SMARTS) is 1. The molecule has 12 nitrogen and oxygen atoms in total. The Hall–Kier alpha value is -5.14. The number of nitrogens with one attached hydrogen (secondary N) is 3. The number of anilines is 3. The van der Waals surface area contributed by atoms with Crippen LogP contribution in [-0.2, 0) is 0 Å². The molecule has 38 heavy (non-hydrogen) atoms. The molecule has 4 rings (SSSR count). The van der Waals surface area contributed by atoms with Gasteiger partial charge < -0.3 is 26.8 Å². The number of primary amides is 1. The highest BCUT2D eigenvalue weighted by atomic mass is 19.1. The molecule has 0 aliphatic carbocycles. The largest absolute Gasteiger partial charge is 0.465 e. The molecule has 2 amide bonds. The molecule has 1 aromatic carbocycles. The van der Waals surface area contributed by atoms with Crippen LogP contribution in [0.15, 0.2) is 55.0 Å². The van der Waals surface area contributed by atoms with Gasteiger partial charge in [0, 0.05) is 5.56 Å². The van der Waals surface area contributed by atoms with Crippen molar-refractivity contribution in [3.8, 4) is 5.69 Å². The van der Waals surface area contributed by atoms with Gasteiger partial charge in [0.05, 0.1) is 47.6 Å². The van der Waals surface area contributed by atoms with E-state index in [4.69, 9.17) is 5.73 Å². The summed E-state index contributed by atoms with van der Waals surface area (Å²) < 4.78 is 29.8. The van der Waals surface area contributed by atoms with Crippen molar-refractivity contribution < 1.29 is 23.5 Å². The minimum Gasteiger partial charge on any atom is -0.465 e. The molecule has 4 aromatic rings. The number of hydrogen-bond acceptors (Lipinski definition) is 8. The molecule has 0 spiro atoms. The molecule has 0 aliphatic heterocycles. The average molecular weight is 524 g/mol. The van der Waals surface area contributed by atoms with Crippen LogP contribution in [-0.4, -0.2) is 48.1 Å². The van der Waals surface area contributed by atoms with E-state index in [0.29, 0.717) is 17.1 Å². The second-order valence-corrected chi connectivity index (χ2v) is 8.23. The Balaban J connectivity index is 1.74. The summed E-state index contributed by atoms with van der Waals surface area (Å²) in [6, 6.07) is 6.20.